The molecule has 0 unspecified atom stereocenters. The molecule has 76 valence electrons. The Labute approximate surface area is 82.3 Å². The molecule has 1 aromatic rings. The van der Waals surface area contributed by atoms with E-state index in [-0.39, 0.29) is 6.61 Å². The lowest BCUT2D eigenvalue weighted by Gasteiger charge is -2.09. The van der Waals surface area contributed by atoms with Crippen molar-refractivity contribution in [1.82, 2.24) is 0 Å². The molecule has 0 fully saturated rings. The largest absolute Gasteiger partial charge is 0.494 e. The van der Waals surface area contributed by atoms with E-state index >= 15 is 0 Å². The fraction of sp³-hybridized carbons (Fsp3) is 0.333. The molecule has 2 N–H and O–H groups in total. The molecular weight excluding hydrogens is 186 g/mol. The minimum absolute atomic E-state index is 0.236. The maximum Gasteiger partial charge on any atom is 0.492 e. The topological polar surface area (TPSA) is 49.7 Å². The van der Waals surface area contributed by atoms with Crippen molar-refractivity contribution >= 4 is 12.6 Å². The zero-order valence-electron chi connectivity index (χ0n) is 7.69. The lowest BCUT2D eigenvalue weighted by atomic mass is 9.79. The summed E-state index contributed by atoms with van der Waals surface area (Å²) < 4.78 is 17.0. The summed E-state index contributed by atoms with van der Waals surface area (Å²) in [6, 6.07) is 6.57. The molecule has 0 aliphatic heterocycles. The first-order chi connectivity index (χ1) is 6.75. The molecule has 0 aliphatic rings. The molecule has 0 saturated heterocycles. The molecular formula is C9H12BFO3. The summed E-state index contributed by atoms with van der Waals surface area (Å²) in [7, 11) is -1.56. The Morgan fingerprint density at radius 1 is 1.29 bits per heavy atom. The average molecular weight is 198 g/mol. The zero-order valence-corrected chi connectivity index (χ0v) is 7.69. The van der Waals surface area contributed by atoms with E-state index in [0.717, 1.165) is 0 Å². The van der Waals surface area contributed by atoms with Crippen molar-refractivity contribution in [3.05, 3.63) is 24.3 Å². The van der Waals surface area contributed by atoms with Gasteiger partial charge in [-0.3, -0.25) is 4.39 Å². The van der Waals surface area contributed by atoms with E-state index in [1.54, 1.807) is 24.3 Å². The highest BCUT2D eigenvalue weighted by atomic mass is 19.1. The fourth-order valence-corrected chi connectivity index (χ4v) is 1.06. The number of alkyl halides is 1. The van der Waals surface area contributed by atoms with Gasteiger partial charge in [0.05, 0.1) is 13.3 Å². The fourth-order valence-electron chi connectivity index (χ4n) is 1.06. The Kier molecular flexibility index (Phi) is 4.42. The van der Waals surface area contributed by atoms with Crippen LogP contribution in [0.1, 0.15) is 6.42 Å². The highest BCUT2D eigenvalue weighted by Crippen LogP contribution is 2.07. The van der Waals surface area contributed by atoms with Crippen molar-refractivity contribution in [1.29, 1.82) is 0 Å². The van der Waals surface area contributed by atoms with Crippen LogP contribution in [0.15, 0.2) is 24.3 Å². The molecule has 0 amide bonds. The first-order valence-corrected chi connectivity index (χ1v) is 4.39. The van der Waals surface area contributed by atoms with E-state index in [1.807, 2.05) is 0 Å². The maximum atomic E-state index is 11.8. The van der Waals surface area contributed by atoms with Crippen molar-refractivity contribution in [2.45, 2.75) is 6.42 Å². The van der Waals surface area contributed by atoms with Gasteiger partial charge in [-0.05, 0) is 6.07 Å². The number of ether oxygens (including phenoxy) is 1. The van der Waals surface area contributed by atoms with E-state index in [2.05, 4.69) is 0 Å². The van der Waals surface area contributed by atoms with Gasteiger partial charge in [0.15, 0.2) is 0 Å². The number of benzene rings is 1. The Morgan fingerprint density at radius 2 is 2.00 bits per heavy atom. The van der Waals surface area contributed by atoms with Gasteiger partial charge in [0.2, 0.25) is 0 Å². The summed E-state index contributed by atoms with van der Waals surface area (Å²) in [6.07, 6.45) is 0.301. The van der Waals surface area contributed by atoms with Crippen LogP contribution in [0, 0.1) is 0 Å². The molecule has 1 rings (SSSR count). The van der Waals surface area contributed by atoms with Gasteiger partial charge < -0.3 is 14.8 Å². The molecule has 0 bridgehead atoms. The quantitative estimate of drug-likeness (QED) is 0.521. The van der Waals surface area contributed by atoms with Gasteiger partial charge in [0.25, 0.3) is 0 Å². The van der Waals surface area contributed by atoms with Crippen molar-refractivity contribution in [2.75, 3.05) is 13.3 Å². The number of hydrogen-bond acceptors (Lipinski definition) is 3. The summed E-state index contributed by atoms with van der Waals surface area (Å²) in [4.78, 5) is 0. The van der Waals surface area contributed by atoms with E-state index in [1.165, 1.54) is 0 Å². The van der Waals surface area contributed by atoms with E-state index in [9.17, 15) is 4.39 Å². The van der Waals surface area contributed by atoms with Gasteiger partial charge in [0.1, 0.15) is 5.75 Å². The van der Waals surface area contributed by atoms with Crippen molar-refractivity contribution in [3.63, 3.8) is 0 Å². The third-order valence-corrected chi connectivity index (χ3v) is 1.73. The minimum Gasteiger partial charge on any atom is -0.494 e. The van der Waals surface area contributed by atoms with Crippen LogP contribution in [-0.2, 0) is 0 Å². The first-order valence-electron chi connectivity index (χ1n) is 4.39. The van der Waals surface area contributed by atoms with Crippen LogP contribution in [0.2, 0.25) is 0 Å². The van der Waals surface area contributed by atoms with E-state index in [4.69, 9.17) is 14.8 Å². The smallest absolute Gasteiger partial charge is 0.492 e. The van der Waals surface area contributed by atoms with Crippen LogP contribution in [0.25, 0.3) is 0 Å². The van der Waals surface area contributed by atoms with Crippen LogP contribution in [0.5, 0.6) is 5.75 Å². The molecule has 14 heavy (non-hydrogen) atoms. The normalized spacial score (nSPS) is 9.93. The summed E-state index contributed by atoms with van der Waals surface area (Å²) in [5.74, 6) is 0.385. The van der Waals surface area contributed by atoms with Gasteiger partial charge in [0, 0.05) is 11.9 Å². The second-order valence-electron chi connectivity index (χ2n) is 2.80. The molecule has 0 heterocycles. The third kappa shape index (κ3) is 3.01. The van der Waals surface area contributed by atoms with Crippen LogP contribution in [-0.4, -0.2) is 30.4 Å². The summed E-state index contributed by atoms with van der Waals surface area (Å²) in [5.41, 5.74) is 0.298. The van der Waals surface area contributed by atoms with Gasteiger partial charge in [-0.1, -0.05) is 18.2 Å². The predicted molar refractivity (Wildman–Crippen MR) is 52.4 cm³/mol. The maximum absolute atomic E-state index is 11.8. The Bertz CT molecular complexity index is 281. The predicted octanol–water partition coefficient (Wildman–Crippen LogP) is 0.105. The van der Waals surface area contributed by atoms with Crippen LogP contribution in [0.3, 0.4) is 0 Å². The van der Waals surface area contributed by atoms with Crippen molar-refractivity contribution in [2.24, 2.45) is 0 Å². The molecule has 5 heteroatoms. The van der Waals surface area contributed by atoms with Gasteiger partial charge in [-0.25, -0.2) is 0 Å². The molecule has 0 atom stereocenters. The monoisotopic (exact) mass is 198 g/mol. The molecule has 0 aromatic heterocycles. The van der Waals surface area contributed by atoms with Crippen molar-refractivity contribution in [3.8, 4) is 5.75 Å². The second-order valence-corrected chi connectivity index (χ2v) is 2.80. The van der Waals surface area contributed by atoms with Crippen LogP contribution >= 0.6 is 0 Å². The summed E-state index contributed by atoms with van der Waals surface area (Å²) in [5, 5.41) is 17.9. The average Bonchev–Trinajstić information content (AvgIpc) is 2.19. The minimum atomic E-state index is -1.56. The summed E-state index contributed by atoms with van der Waals surface area (Å²) >= 11 is 0. The molecule has 0 aliphatic carbocycles. The summed E-state index contributed by atoms with van der Waals surface area (Å²) in [6.45, 7) is -0.204. The van der Waals surface area contributed by atoms with Gasteiger partial charge >= 0.3 is 7.12 Å². The van der Waals surface area contributed by atoms with Crippen LogP contribution in [0.4, 0.5) is 4.39 Å². The van der Waals surface area contributed by atoms with E-state index in [0.29, 0.717) is 17.6 Å². The molecule has 0 spiro atoms. The van der Waals surface area contributed by atoms with Crippen LogP contribution < -0.4 is 10.2 Å². The third-order valence-electron chi connectivity index (χ3n) is 1.73. The standard InChI is InChI=1S/C9H12BFO3/c11-6-3-7-14-9-5-2-1-4-8(9)10(12)13/h1-2,4-5,12-13H,3,6-7H2. The molecule has 0 saturated carbocycles. The first kappa shape index (κ1) is 11.0. The van der Waals surface area contributed by atoms with Gasteiger partial charge in [-0.15, -0.1) is 0 Å². The van der Waals surface area contributed by atoms with Crippen molar-refractivity contribution < 1.29 is 19.2 Å². The number of rotatable bonds is 5. The second kappa shape index (κ2) is 5.62. The Hall–Kier alpha value is -1.07. The molecule has 3 nitrogen and oxygen atoms in total. The zero-order chi connectivity index (χ0) is 10.4. The van der Waals surface area contributed by atoms with Gasteiger partial charge in [-0.2, -0.15) is 0 Å². The SMILES string of the molecule is OB(O)c1ccccc1OCCCF. The van der Waals surface area contributed by atoms with E-state index < -0.39 is 13.8 Å². The Morgan fingerprint density at radius 3 is 2.64 bits per heavy atom. The number of para-hydroxylation sites is 1. The highest BCUT2D eigenvalue weighted by Gasteiger charge is 2.15. The number of hydrogen-bond donors (Lipinski definition) is 2. The Balaban J connectivity index is 2.64. The molecule has 1 aromatic carbocycles. The lowest BCUT2D eigenvalue weighted by Crippen LogP contribution is -2.31. The highest BCUT2D eigenvalue weighted by molar-refractivity contribution is 6.59. The molecule has 0 radical (unpaired) electrons. The lowest BCUT2D eigenvalue weighted by molar-refractivity contribution is 0.290. The number of halogens is 1.